The summed E-state index contributed by atoms with van der Waals surface area (Å²) in [6.07, 6.45) is 3.19. The van der Waals surface area contributed by atoms with Gasteiger partial charge in [0.2, 0.25) is 0 Å². The van der Waals surface area contributed by atoms with Crippen molar-refractivity contribution in [2.24, 2.45) is 5.10 Å². The number of hydrogen-bond donors (Lipinski definition) is 2. The summed E-state index contributed by atoms with van der Waals surface area (Å²) < 4.78 is 7.48. The van der Waals surface area contributed by atoms with E-state index in [0.29, 0.717) is 11.3 Å². The lowest BCUT2D eigenvalue weighted by molar-refractivity contribution is -0.117. The zero-order valence-electron chi connectivity index (χ0n) is 21.7. The van der Waals surface area contributed by atoms with Gasteiger partial charge in [0.15, 0.2) is 0 Å². The maximum Gasteiger partial charge on any atom is 0.287 e. The van der Waals surface area contributed by atoms with Gasteiger partial charge in [-0.05, 0) is 66.6 Å². The molecule has 2 N–H and O–H groups in total. The summed E-state index contributed by atoms with van der Waals surface area (Å²) in [6, 6.07) is 30.3. The molecule has 5 aromatic rings. The van der Waals surface area contributed by atoms with Gasteiger partial charge in [0.25, 0.3) is 11.8 Å². The number of carbonyl (C=O) groups is 2. The van der Waals surface area contributed by atoms with Gasteiger partial charge in [-0.1, -0.05) is 54.6 Å². The Morgan fingerprint density at radius 2 is 1.54 bits per heavy atom. The highest BCUT2D eigenvalue weighted by Crippen LogP contribution is 2.29. The molecule has 0 saturated heterocycles. The molecule has 1 heterocycles. The second-order valence-electron chi connectivity index (χ2n) is 8.89. The molecule has 0 atom stereocenters. The van der Waals surface area contributed by atoms with Crippen molar-refractivity contribution in [2.45, 2.75) is 13.5 Å². The average Bonchev–Trinajstić information content (AvgIpc) is 3.30. The van der Waals surface area contributed by atoms with Gasteiger partial charge in [-0.25, -0.2) is 5.43 Å². The highest BCUT2D eigenvalue weighted by molar-refractivity contribution is 6.10. The third kappa shape index (κ3) is 5.57. The van der Waals surface area contributed by atoms with Crippen molar-refractivity contribution in [3.8, 4) is 5.75 Å². The fourth-order valence-electron chi connectivity index (χ4n) is 4.53. The number of fused-ring (bicyclic) bond motifs is 3. The Labute approximate surface area is 226 Å². The highest BCUT2D eigenvalue weighted by Gasteiger charge is 2.15. The monoisotopic (exact) mass is 516 g/mol. The highest BCUT2D eigenvalue weighted by atomic mass is 16.5. The Hall–Kier alpha value is -5.17. The molecule has 0 spiro atoms. The number of ether oxygens (including phenoxy) is 1. The number of hydrazone groups is 1. The maximum atomic E-state index is 13.1. The van der Waals surface area contributed by atoms with E-state index < -0.39 is 11.8 Å². The van der Waals surface area contributed by atoms with Crippen molar-refractivity contribution in [3.63, 3.8) is 0 Å². The smallest absolute Gasteiger partial charge is 0.287 e. The van der Waals surface area contributed by atoms with Crippen molar-refractivity contribution < 1.29 is 14.3 Å². The number of hydrogen-bond acceptors (Lipinski definition) is 4. The van der Waals surface area contributed by atoms with Gasteiger partial charge in [-0.2, -0.15) is 5.10 Å². The van der Waals surface area contributed by atoms with E-state index in [4.69, 9.17) is 4.74 Å². The number of nitrogens with zero attached hydrogens (tertiary/aromatic N) is 2. The maximum absolute atomic E-state index is 13.1. The van der Waals surface area contributed by atoms with Gasteiger partial charge < -0.3 is 14.6 Å². The van der Waals surface area contributed by atoms with Crippen LogP contribution in [0.3, 0.4) is 0 Å². The average molecular weight is 517 g/mol. The van der Waals surface area contributed by atoms with Crippen molar-refractivity contribution >= 4 is 45.9 Å². The summed E-state index contributed by atoms with van der Waals surface area (Å²) in [5.74, 6) is -0.252. The van der Waals surface area contributed by atoms with E-state index in [1.807, 2.05) is 24.3 Å². The molecule has 1 aromatic heterocycles. The van der Waals surface area contributed by atoms with Crippen LogP contribution in [0.2, 0.25) is 0 Å². The van der Waals surface area contributed by atoms with Crippen LogP contribution in [0.1, 0.15) is 28.4 Å². The first kappa shape index (κ1) is 25.5. The van der Waals surface area contributed by atoms with E-state index in [1.165, 1.54) is 10.9 Å². The minimum atomic E-state index is -0.546. The Morgan fingerprint density at radius 3 is 2.28 bits per heavy atom. The number of aryl methyl sites for hydroxylation is 1. The van der Waals surface area contributed by atoms with Crippen molar-refractivity contribution in [1.82, 2.24) is 15.3 Å². The van der Waals surface area contributed by atoms with Gasteiger partial charge >= 0.3 is 0 Å². The van der Waals surface area contributed by atoms with Gasteiger partial charge in [0.05, 0.1) is 13.3 Å². The molecule has 7 nitrogen and oxygen atoms in total. The molecule has 5 rings (SSSR count). The third-order valence-electron chi connectivity index (χ3n) is 6.45. The molecule has 0 radical (unpaired) electrons. The number of para-hydroxylation sites is 1. The van der Waals surface area contributed by atoms with E-state index in [9.17, 15) is 9.59 Å². The number of aromatic nitrogens is 1. The predicted octanol–water partition coefficient (Wildman–Crippen LogP) is 5.74. The standard InChI is InChI=1S/C32H28N4O3/c1-3-36-29-12-8-7-11-26(29)27-19-23(15-18-30(27)36)21-33-35-32(38)28(20-22-13-16-25(39-2)17-14-22)34-31(37)24-9-5-4-6-10-24/h4-21H,3H2,1-2H3,(H,34,37)(H,35,38)/b28-20+,33-21-. The lowest BCUT2D eigenvalue weighted by atomic mass is 10.1. The van der Waals surface area contributed by atoms with Crippen LogP contribution in [0.25, 0.3) is 27.9 Å². The van der Waals surface area contributed by atoms with Crippen LogP contribution in [0, 0.1) is 0 Å². The lowest BCUT2D eigenvalue weighted by Gasteiger charge is -2.09. The molecule has 4 aromatic carbocycles. The van der Waals surface area contributed by atoms with Gasteiger partial charge in [0.1, 0.15) is 11.4 Å². The SMILES string of the molecule is CCn1c2ccccc2c2cc(/C=N\NC(=O)/C(=C\c3ccc(OC)cc3)NC(=O)c3ccccc3)ccc21. The Kier molecular flexibility index (Phi) is 7.50. The molecule has 194 valence electrons. The Balaban J connectivity index is 1.39. The second kappa shape index (κ2) is 11.5. The number of amides is 2. The van der Waals surface area contributed by atoms with E-state index >= 15 is 0 Å². The van der Waals surface area contributed by atoms with E-state index in [2.05, 4.69) is 51.6 Å². The molecule has 0 unspecified atom stereocenters. The third-order valence-corrected chi connectivity index (χ3v) is 6.45. The fraction of sp³-hybridized carbons (Fsp3) is 0.0938. The zero-order valence-corrected chi connectivity index (χ0v) is 21.7. The summed E-state index contributed by atoms with van der Waals surface area (Å²) in [6.45, 7) is 3.00. The van der Waals surface area contributed by atoms with Crippen LogP contribution in [0.4, 0.5) is 0 Å². The molecule has 2 amide bonds. The summed E-state index contributed by atoms with van der Waals surface area (Å²) in [7, 11) is 1.58. The normalized spacial score (nSPS) is 11.7. The van der Waals surface area contributed by atoms with Crippen molar-refractivity contribution in [2.75, 3.05) is 7.11 Å². The first-order chi connectivity index (χ1) is 19.1. The molecular formula is C32H28N4O3. The van der Waals surface area contributed by atoms with E-state index in [1.54, 1.807) is 67.9 Å². The molecule has 39 heavy (non-hydrogen) atoms. The Bertz CT molecular complexity index is 1700. The summed E-state index contributed by atoms with van der Waals surface area (Å²) in [4.78, 5) is 25.9. The van der Waals surface area contributed by atoms with Crippen LogP contribution < -0.4 is 15.5 Å². The number of benzene rings is 4. The summed E-state index contributed by atoms with van der Waals surface area (Å²) in [5, 5.41) is 9.19. The molecule has 0 aliphatic heterocycles. The van der Waals surface area contributed by atoms with Crippen molar-refractivity contribution in [3.05, 3.63) is 119 Å². The van der Waals surface area contributed by atoms with Crippen LogP contribution in [-0.2, 0) is 11.3 Å². The zero-order chi connectivity index (χ0) is 27.2. The molecule has 0 bridgehead atoms. The number of methoxy groups -OCH3 is 1. The quantitative estimate of drug-likeness (QED) is 0.157. The molecule has 0 saturated carbocycles. The Morgan fingerprint density at radius 1 is 0.846 bits per heavy atom. The van der Waals surface area contributed by atoms with E-state index in [-0.39, 0.29) is 5.70 Å². The largest absolute Gasteiger partial charge is 0.497 e. The minimum absolute atomic E-state index is 0.0626. The van der Waals surface area contributed by atoms with Crippen LogP contribution in [0.5, 0.6) is 5.75 Å². The number of rotatable bonds is 8. The molecule has 0 fully saturated rings. The molecule has 0 aliphatic rings. The second-order valence-corrected chi connectivity index (χ2v) is 8.89. The first-order valence-corrected chi connectivity index (χ1v) is 12.6. The van der Waals surface area contributed by atoms with Gasteiger partial charge in [-0.15, -0.1) is 0 Å². The van der Waals surface area contributed by atoms with Gasteiger partial charge in [0, 0.05) is 33.9 Å². The topological polar surface area (TPSA) is 84.7 Å². The molecule has 7 heteroatoms. The number of carbonyl (C=O) groups excluding carboxylic acids is 2. The molecular weight excluding hydrogens is 488 g/mol. The fourth-order valence-corrected chi connectivity index (χ4v) is 4.53. The van der Waals surface area contributed by atoms with E-state index in [0.717, 1.165) is 28.6 Å². The first-order valence-electron chi connectivity index (χ1n) is 12.6. The summed E-state index contributed by atoms with van der Waals surface area (Å²) >= 11 is 0. The predicted molar refractivity (Wildman–Crippen MR) is 156 cm³/mol. The van der Waals surface area contributed by atoms with Crippen LogP contribution >= 0.6 is 0 Å². The van der Waals surface area contributed by atoms with Crippen LogP contribution in [-0.4, -0.2) is 29.7 Å². The minimum Gasteiger partial charge on any atom is -0.497 e. The molecule has 0 aliphatic carbocycles. The van der Waals surface area contributed by atoms with Gasteiger partial charge in [-0.3, -0.25) is 9.59 Å². The van der Waals surface area contributed by atoms with Crippen molar-refractivity contribution in [1.29, 1.82) is 0 Å². The lowest BCUT2D eigenvalue weighted by Crippen LogP contribution is -2.32. The van der Waals surface area contributed by atoms with Crippen LogP contribution in [0.15, 0.2) is 108 Å². The number of nitrogens with one attached hydrogen (secondary N) is 2. The summed E-state index contributed by atoms with van der Waals surface area (Å²) in [5.41, 5.74) is 6.94.